The summed E-state index contributed by atoms with van der Waals surface area (Å²) in [6.45, 7) is 2.17. The van der Waals surface area contributed by atoms with Crippen molar-refractivity contribution in [2.75, 3.05) is 12.3 Å². The first kappa shape index (κ1) is 33.4. The Kier molecular flexibility index (Phi) is 17.1. The van der Waals surface area contributed by atoms with Gasteiger partial charge in [-0.2, -0.15) is 0 Å². The van der Waals surface area contributed by atoms with Crippen molar-refractivity contribution >= 4 is 49.0 Å². The molecule has 0 atom stereocenters. The topological polar surface area (TPSA) is 74.6 Å². The van der Waals surface area contributed by atoms with Gasteiger partial charge in [0.05, 0.1) is 0 Å². The second kappa shape index (κ2) is 19.4. The molecule has 0 aliphatic heterocycles. The molecule has 0 heterocycles. The first-order chi connectivity index (χ1) is 17.9. The van der Waals surface area contributed by atoms with Gasteiger partial charge in [-0.05, 0) is 55.8 Å². The summed E-state index contributed by atoms with van der Waals surface area (Å²) in [4.78, 5) is 18.0. The van der Waals surface area contributed by atoms with Crippen LogP contribution < -0.4 is 21.2 Å². The van der Waals surface area contributed by atoms with Gasteiger partial charge in [-0.25, -0.2) is 0 Å². The third-order valence-corrected chi connectivity index (χ3v) is 10.2. The van der Waals surface area contributed by atoms with Gasteiger partial charge in [-0.3, -0.25) is 9.59 Å². The fraction of sp³-hybridized carbons (Fsp3) is 0.161. The van der Waals surface area contributed by atoms with Crippen molar-refractivity contribution in [3.63, 3.8) is 0 Å². The van der Waals surface area contributed by atoms with Crippen molar-refractivity contribution in [1.82, 2.24) is 0 Å². The summed E-state index contributed by atoms with van der Waals surface area (Å²) in [5, 5.41) is 20.8. The zero-order valence-electron chi connectivity index (χ0n) is 21.6. The average molecular weight is 639 g/mol. The van der Waals surface area contributed by atoms with Gasteiger partial charge in [-0.1, -0.05) is 121 Å². The summed E-state index contributed by atoms with van der Waals surface area (Å²) in [6.07, 6.45) is 3.72. The van der Waals surface area contributed by atoms with Crippen molar-refractivity contribution in [2.45, 2.75) is 20.3 Å². The number of aliphatic carboxylic acids is 2. The van der Waals surface area contributed by atoms with Gasteiger partial charge in [0.1, 0.15) is 0 Å². The van der Waals surface area contributed by atoms with E-state index in [-0.39, 0.29) is 36.3 Å². The third kappa shape index (κ3) is 13.2. The Morgan fingerprint density at radius 2 is 0.684 bits per heavy atom. The van der Waals surface area contributed by atoms with Crippen LogP contribution in [0.25, 0.3) is 0 Å². The van der Waals surface area contributed by atoms with Gasteiger partial charge in [0.2, 0.25) is 0 Å². The predicted octanol–water partition coefficient (Wildman–Crippen LogP) is 5.82. The second-order valence-electron chi connectivity index (χ2n) is 8.04. The maximum atomic E-state index is 9.00. The van der Waals surface area contributed by atoms with Crippen LogP contribution >= 0.6 is 15.8 Å². The number of hydrogen-bond donors (Lipinski definition) is 2. The van der Waals surface area contributed by atoms with Crippen LogP contribution in [-0.2, 0) is 30.0 Å². The molecule has 4 nitrogen and oxygen atoms in total. The Labute approximate surface area is 242 Å². The maximum Gasteiger partial charge on any atom is 0.300 e. The molecule has 4 aromatic carbocycles. The Hall–Kier alpha value is -2.66. The molecule has 0 aliphatic carbocycles. The molecule has 2 N–H and O–H groups in total. The molecule has 0 amide bonds. The Balaban J connectivity index is 0.000000709. The van der Waals surface area contributed by atoms with E-state index in [9.17, 15) is 0 Å². The van der Waals surface area contributed by atoms with Gasteiger partial charge in [0.25, 0.3) is 11.9 Å². The number of benzene rings is 4. The van der Waals surface area contributed by atoms with Crippen molar-refractivity contribution in [2.24, 2.45) is 0 Å². The minimum Gasteiger partial charge on any atom is -0.481 e. The molecule has 4 rings (SSSR count). The predicted molar refractivity (Wildman–Crippen MR) is 159 cm³/mol. The molecular weight excluding hydrogens is 605 g/mol. The third-order valence-electron chi connectivity index (χ3n) is 5.03. The summed E-state index contributed by atoms with van der Waals surface area (Å²) in [5.74, 6) is -1.67. The monoisotopic (exact) mass is 638 g/mol. The molecule has 0 spiro atoms. The normalized spacial score (nSPS) is 9.79. The molecule has 0 aliphatic rings. The van der Waals surface area contributed by atoms with E-state index in [1.807, 2.05) is 0 Å². The fourth-order valence-electron chi connectivity index (χ4n) is 3.63. The van der Waals surface area contributed by atoms with E-state index in [2.05, 4.69) is 121 Å². The van der Waals surface area contributed by atoms with Crippen LogP contribution in [0.1, 0.15) is 20.3 Å². The summed E-state index contributed by atoms with van der Waals surface area (Å²) in [7, 11) is -0.618. The van der Waals surface area contributed by atoms with Gasteiger partial charge in [-0.15, -0.1) is 0 Å². The summed E-state index contributed by atoms with van der Waals surface area (Å²) in [6, 6.07) is 44.3. The minimum absolute atomic E-state index is 0. The first-order valence-corrected chi connectivity index (χ1v) is 15.1. The zero-order valence-corrected chi connectivity index (χ0v) is 24.9. The molecule has 0 bridgehead atoms. The molecule has 7 heteroatoms. The van der Waals surface area contributed by atoms with Crippen molar-refractivity contribution in [3.05, 3.63) is 121 Å². The number of rotatable bonds is 8. The Bertz CT molecular complexity index is 996. The number of hydrogen-bond acceptors (Lipinski definition) is 2. The number of carboxylic acid groups (broad SMARTS) is 2. The summed E-state index contributed by atoms with van der Waals surface area (Å²) < 4.78 is 0. The molecule has 0 saturated heterocycles. The molecule has 0 aromatic heterocycles. The van der Waals surface area contributed by atoms with E-state index in [0.717, 1.165) is 13.8 Å². The standard InChI is InChI=1S/C27H26P2.2C2H4O2.Pd/c1-5-14-24(15-6-1)28(25-16-7-2-8-17-25)22-13-23-29(26-18-9-3-10-19-26)27-20-11-4-12-21-27;2*1-2(3)4;/h1-12,14-21H,13,22-23H2;2*1H3,(H,3,4);. The van der Waals surface area contributed by atoms with E-state index >= 15 is 0 Å². The van der Waals surface area contributed by atoms with Crippen LogP contribution in [0.15, 0.2) is 121 Å². The molecule has 0 radical (unpaired) electrons. The van der Waals surface area contributed by atoms with Crippen molar-refractivity contribution in [3.8, 4) is 0 Å². The average Bonchev–Trinajstić information content (AvgIpc) is 2.90. The molecular formula is C31H34O4P2Pd. The van der Waals surface area contributed by atoms with E-state index in [1.165, 1.54) is 40.0 Å². The smallest absolute Gasteiger partial charge is 0.300 e. The number of carbonyl (C=O) groups is 2. The molecule has 0 fully saturated rings. The summed E-state index contributed by atoms with van der Waals surface area (Å²) >= 11 is 0. The van der Waals surface area contributed by atoms with Crippen LogP contribution in [0.3, 0.4) is 0 Å². The quantitative estimate of drug-likeness (QED) is 0.188. The van der Waals surface area contributed by atoms with E-state index in [0.29, 0.717) is 0 Å². The molecule has 4 aromatic rings. The second-order valence-corrected chi connectivity index (χ2v) is 12.7. The van der Waals surface area contributed by atoms with Crippen LogP contribution in [-0.4, -0.2) is 34.5 Å². The molecule has 0 unspecified atom stereocenters. The van der Waals surface area contributed by atoms with Crippen LogP contribution in [0.4, 0.5) is 0 Å². The first-order valence-electron chi connectivity index (χ1n) is 12.0. The number of carboxylic acids is 2. The van der Waals surface area contributed by atoms with Crippen LogP contribution in [0.5, 0.6) is 0 Å². The Morgan fingerprint density at radius 3 is 0.868 bits per heavy atom. The van der Waals surface area contributed by atoms with Gasteiger partial charge < -0.3 is 10.2 Å². The molecule has 38 heavy (non-hydrogen) atoms. The van der Waals surface area contributed by atoms with Gasteiger partial charge in [0, 0.05) is 34.3 Å². The van der Waals surface area contributed by atoms with E-state index in [1.54, 1.807) is 0 Å². The van der Waals surface area contributed by atoms with Crippen molar-refractivity contribution in [1.29, 1.82) is 0 Å². The van der Waals surface area contributed by atoms with Crippen LogP contribution in [0, 0.1) is 0 Å². The maximum absolute atomic E-state index is 9.00. The fourth-order valence-corrected chi connectivity index (χ4v) is 8.59. The SMILES string of the molecule is CC(=O)O.CC(=O)O.[Pd].c1ccc(P(CCCP(c2ccccc2)c2ccccc2)c2ccccc2)cc1. The zero-order chi connectivity index (χ0) is 26.9. The molecule has 202 valence electrons. The largest absolute Gasteiger partial charge is 0.481 e. The van der Waals surface area contributed by atoms with Gasteiger partial charge >= 0.3 is 0 Å². The minimum atomic E-state index is -0.833. The molecule has 0 saturated carbocycles. The van der Waals surface area contributed by atoms with Crippen molar-refractivity contribution < 1.29 is 40.2 Å². The van der Waals surface area contributed by atoms with Gasteiger partial charge in [0.15, 0.2) is 0 Å². The van der Waals surface area contributed by atoms with Crippen LogP contribution in [0.2, 0.25) is 0 Å². The van der Waals surface area contributed by atoms with E-state index < -0.39 is 11.9 Å². The van der Waals surface area contributed by atoms with E-state index in [4.69, 9.17) is 19.8 Å². The Morgan fingerprint density at radius 1 is 0.500 bits per heavy atom. The summed E-state index contributed by atoms with van der Waals surface area (Å²) in [5.41, 5.74) is 0.